The number of hydrogen-bond donors (Lipinski definition) is 0. The fraction of sp³-hybridized carbons (Fsp3) is 0.500. The van der Waals surface area contributed by atoms with E-state index in [4.69, 9.17) is 0 Å². The van der Waals surface area contributed by atoms with Crippen molar-refractivity contribution in [2.75, 3.05) is 13.1 Å². The molecule has 0 atom stereocenters. The van der Waals surface area contributed by atoms with E-state index in [0.29, 0.717) is 13.1 Å². The molecule has 1 aromatic heterocycles. The summed E-state index contributed by atoms with van der Waals surface area (Å²) in [6.45, 7) is 0.899. The third-order valence-electron chi connectivity index (χ3n) is 2.34. The predicted octanol–water partition coefficient (Wildman–Crippen LogP) is 0.528. The number of aryl methyl sites for hydroxylation is 1. The van der Waals surface area contributed by atoms with Crippen molar-refractivity contribution in [2.24, 2.45) is 7.05 Å². The SMILES string of the molecule is Cn1nnc(Br)c1S(=O)(=O)N1CC=CCC1. The van der Waals surface area contributed by atoms with E-state index in [0.717, 1.165) is 6.42 Å². The summed E-state index contributed by atoms with van der Waals surface area (Å²) in [5.74, 6) is 0. The summed E-state index contributed by atoms with van der Waals surface area (Å²) >= 11 is 3.10. The zero-order valence-corrected chi connectivity index (χ0v) is 11.1. The second kappa shape index (κ2) is 4.27. The minimum absolute atomic E-state index is 0.0998. The monoisotopic (exact) mass is 306 g/mol. The minimum Gasteiger partial charge on any atom is -0.235 e. The van der Waals surface area contributed by atoms with Gasteiger partial charge in [-0.25, -0.2) is 13.1 Å². The Hall–Kier alpha value is -0.730. The molecule has 1 aliphatic heterocycles. The smallest absolute Gasteiger partial charge is 0.235 e. The third kappa shape index (κ3) is 1.92. The Kier molecular flexibility index (Phi) is 3.13. The summed E-state index contributed by atoms with van der Waals surface area (Å²) in [6, 6.07) is 0. The fourth-order valence-electron chi connectivity index (χ4n) is 1.56. The zero-order valence-electron chi connectivity index (χ0n) is 8.67. The highest BCUT2D eigenvalue weighted by Crippen LogP contribution is 2.23. The number of hydrogen-bond acceptors (Lipinski definition) is 4. The van der Waals surface area contributed by atoms with E-state index in [-0.39, 0.29) is 9.63 Å². The molecule has 2 heterocycles. The lowest BCUT2D eigenvalue weighted by Gasteiger charge is -2.22. The first-order valence-electron chi connectivity index (χ1n) is 4.74. The van der Waals surface area contributed by atoms with Crippen LogP contribution in [-0.4, -0.2) is 40.8 Å². The van der Waals surface area contributed by atoms with Gasteiger partial charge in [-0.05, 0) is 22.4 Å². The molecule has 6 nitrogen and oxygen atoms in total. The first kappa shape index (κ1) is 11.7. The lowest BCUT2D eigenvalue weighted by atomic mass is 10.3. The molecular weight excluding hydrogens is 296 g/mol. The molecule has 0 saturated carbocycles. The Labute approximate surface area is 102 Å². The molecule has 0 N–H and O–H groups in total. The van der Waals surface area contributed by atoms with Crippen LogP contribution in [0.2, 0.25) is 0 Å². The van der Waals surface area contributed by atoms with Gasteiger partial charge in [0, 0.05) is 20.1 Å². The van der Waals surface area contributed by atoms with Crippen LogP contribution in [0.3, 0.4) is 0 Å². The van der Waals surface area contributed by atoms with Gasteiger partial charge in [0.2, 0.25) is 5.03 Å². The first-order chi connectivity index (χ1) is 7.53. The van der Waals surface area contributed by atoms with Gasteiger partial charge in [0.05, 0.1) is 0 Å². The van der Waals surface area contributed by atoms with Gasteiger partial charge in [-0.15, -0.1) is 5.10 Å². The number of sulfonamides is 1. The molecule has 16 heavy (non-hydrogen) atoms. The van der Waals surface area contributed by atoms with E-state index in [2.05, 4.69) is 26.2 Å². The molecule has 8 heteroatoms. The van der Waals surface area contributed by atoms with Gasteiger partial charge in [-0.1, -0.05) is 17.4 Å². The van der Waals surface area contributed by atoms with Crippen LogP contribution in [0.15, 0.2) is 21.8 Å². The average molecular weight is 307 g/mol. The van der Waals surface area contributed by atoms with Crippen LogP contribution in [0.4, 0.5) is 0 Å². The second-order valence-electron chi connectivity index (χ2n) is 3.43. The van der Waals surface area contributed by atoms with Crippen LogP contribution < -0.4 is 0 Å². The fourth-order valence-corrected chi connectivity index (χ4v) is 3.99. The molecule has 0 unspecified atom stereocenters. The number of aromatic nitrogens is 3. The van der Waals surface area contributed by atoms with Crippen LogP contribution in [0, 0.1) is 0 Å². The highest BCUT2D eigenvalue weighted by molar-refractivity contribution is 9.10. The zero-order chi connectivity index (χ0) is 11.8. The number of halogens is 1. The van der Waals surface area contributed by atoms with Crippen molar-refractivity contribution < 1.29 is 8.42 Å². The molecule has 88 valence electrons. The van der Waals surface area contributed by atoms with E-state index in [1.165, 1.54) is 8.99 Å². The molecule has 0 fully saturated rings. The minimum atomic E-state index is -3.51. The Morgan fingerprint density at radius 2 is 2.19 bits per heavy atom. The van der Waals surface area contributed by atoms with Gasteiger partial charge >= 0.3 is 0 Å². The summed E-state index contributed by atoms with van der Waals surface area (Å²) < 4.78 is 27.4. The van der Waals surface area contributed by atoms with Crippen molar-refractivity contribution in [3.63, 3.8) is 0 Å². The molecular formula is C8H11BrN4O2S. The molecule has 0 aliphatic carbocycles. The number of nitrogens with zero attached hydrogens (tertiary/aromatic N) is 4. The average Bonchev–Trinajstić information content (AvgIpc) is 2.60. The Morgan fingerprint density at radius 1 is 1.44 bits per heavy atom. The lowest BCUT2D eigenvalue weighted by Crippen LogP contribution is -2.35. The van der Waals surface area contributed by atoms with Crippen molar-refractivity contribution in [3.8, 4) is 0 Å². The van der Waals surface area contributed by atoms with Crippen LogP contribution in [0.5, 0.6) is 0 Å². The molecule has 1 aromatic rings. The topological polar surface area (TPSA) is 68.1 Å². The molecule has 0 aromatic carbocycles. The van der Waals surface area contributed by atoms with Gasteiger partial charge in [0.1, 0.15) is 0 Å². The van der Waals surface area contributed by atoms with Gasteiger partial charge in [0.25, 0.3) is 10.0 Å². The molecule has 0 amide bonds. The molecule has 0 radical (unpaired) electrons. The normalized spacial score (nSPS) is 17.9. The van der Waals surface area contributed by atoms with E-state index in [1.807, 2.05) is 12.2 Å². The van der Waals surface area contributed by atoms with Crippen molar-refractivity contribution in [2.45, 2.75) is 11.4 Å². The van der Waals surface area contributed by atoms with Crippen molar-refractivity contribution in [1.82, 2.24) is 19.3 Å². The standard InChI is InChI=1S/C8H11BrN4O2S/c1-12-8(7(9)10-11-12)16(14,15)13-5-3-2-4-6-13/h2-3H,4-6H2,1H3. The van der Waals surface area contributed by atoms with Crippen LogP contribution in [-0.2, 0) is 17.1 Å². The van der Waals surface area contributed by atoms with Gasteiger partial charge in [-0.3, -0.25) is 0 Å². The highest BCUT2D eigenvalue weighted by atomic mass is 79.9. The molecule has 0 saturated heterocycles. The Balaban J connectivity index is 2.43. The molecule has 0 spiro atoms. The summed E-state index contributed by atoms with van der Waals surface area (Å²) in [7, 11) is -1.95. The largest absolute Gasteiger partial charge is 0.263 e. The van der Waals surface area contributed by atoms with Crippen molar-refractivity contribution in [3.05, 3.63) is 16.8 Å². The van der Waals surface area contributed by atoms with E-state index in [9.17, 15) is 8.42 Å². The summed E-state index contributed by atoms with van der Waals surface area (Å²) in [5.41, 5.74) is 0. The van der Waals surface area contributed by atoms with Crippen LogP contribution >= 0.6 is 15.9 Å². The summed E-state index contributed by atoms with van der Waals surface area (Å²) in [6.07, 6.45) is 4.56. The predicted molar refractivity (Wildman–Crippen MR) is 61.2 cm³/mol. The Morgan fingerprint density at radius 3 is 2.69 bits per heavy atom. The van der Waals surface area contributed by atoms with Crippen LogP contribution in [0.25, 0.3) is 0 Å². The molecule has 1 aliphatic rings. The van der Waals surface area contributed by atoms with Crippen molar-refractivity contribution in [1.29, 1.82) is 0 Å². The molecule has 0 bridgehead atoms. The van der Waals surface area contributed by atoms with E-state index in [1.54, 1.807) is 7.05 Å². The summed E-state index contributed by atoms with van der Waals surface area (Å²) in [5, 5.41) is 7.46. The van der Waals surface area contributed by atoms with Crippen molar-refractivity contribution >= 4 is 26.0 Å². The quantitative estimate of drug-likeness (QED) is 0.747. The highest BCUT2D eigenvalue weighted by Gasteiger charge is 2.30. The van der Waals surface area contributed by atoms with Gasteiger partial charge in [-0.2, -0.15) is 4.31 Å². The van der Waals surface area contributed by atoms with Gasteiger partial charge < -0.3 is 0 Å². The molecule has 2 rings (SSSR count). The van der Waals surface area contributed by atoms with E-state index >= 15 is 0 Å². The maximum Gasteiger partial charge on any atom is 0.263 e. The third-order valence-corrected chi connectivity index (χ3v) is 5.10. The maximum absolute atomic E-state index is 12.3. The maximum atomic E-state index is 12.3. The van der Waals surface area contributed by atoms with Crippen LogP contribution in [0.1, 0.15) is 6.42 Å². The summed E-state index contributed by atoms with van der Waals surface area (Å²) in [4.78, 5) is 0. The Bertz CT molecular complexity index is 503. The first-order valence-corrected chi connectivity index (χ1v) is 6.97. The second-order valence-corrected chi connectivity index (χ2v) is 6.04. The van der Waals surface area contributed by atoms with E-state index < -0.39 is 10.0 Å². The van der Waals surface area contributed by atoms with Gasteiger partial charge in [0.15, 0.2) is 4.60 Å². The lowest BCUT2D eigenvalue weighted by molar-refractivity contribution is 0.430. The number of rotatable bonds is 2.